The molecule has 9 heteroatoms. The van der Waals surface area contributed by atoms with Gasteiger partial charge in [0, 0.05) is 0 Å². The summed E-state index contributed by atoms with van der Waals surface area (Å²) in [4.78, 5) is 47.7. The van der Waals surface area contributed by atoms with Crippen LogP contribution in [0.4, 0.5) is 5.69 Å². The predicted octanol–water partition coefficient (Wildman–Crippen LogP) is 6.99. The molecule has 0 N–H and O–H groups in total. The minimum Gasteiger partial charge on any atom is -0.454 e. The number of allylic oxidation sites excluding steroid dienone is 2. The maximum absolute atomic E-state index is 16.2. The molecule has 2 fully saturated rings. The van der Waals surface area contributed by atoms with E-state index in [9.17, 15) is 0 Å². The Morgan fingerprint density at radius 3 is 1.46 bits per heavy atom. The highest BCUT2D eigenvalue weighted by molar-refractivity contribution is 6.41. The molecule has 2 aliphatic carbocycles. The number of carbonyl (C=O) groups is 3. The highest BCUT2D eigenvalue weighted by atomic mass is 35.5. The maximum atomic E-state index is 16.2. The summed E-state index contributed by atoms with van der Waals surface area (Å²) in [6, 6.07) is 36.7. The predicted molar refractivity (Wildman–Crippen MR) is 184 cm³/mol. The lowest BCUT2D eigenvalue weighted by atomic mass is 9.59. The molecule has 2 amide bonds. The summed E-state index contributed by atoms with van der Waals surface area (Å²) in [7, 11) is 0. The van der Waals surface area contributed by atoms with Crippen molar-refractivity contribution in [2.75, 3.05) is 18.5 Å². The number of carbonyl (C=O) groups excluding carboxylic acids is 3. The number of hydrogen-bond donors (Lipinski definition) is 0. The fourth-order valence-corrected chi connectivity index (χ4v) is 9.32. The van der Waals surface area contributed by atoms with Gasteiger partial charge < -0.3 is 18.9 Å². The van der Waals surface area contributed by atoms with Crippen LogP contribution in [0.15, 0.2) is 121 Å². The normalized spacial score (nSPS) is 25.5. The number of ketones is 1. The van der Waals surface area contributed by atoms with E-state index in [1.54, 1.807) is 24.3 Å². The average molecular weight is 680 g/mol. The average Bonchev–Trinajstić information content (AvgIpc) is 3.96. The van der Waals surface area contributed by atoms with Gasteiger partial charge in [-0.05, 0) is 69.8 Å². The highest BCUT2D eigenvalue weighted by Gasteiger charge is 2.83. The molecular formula is C41H26ClNO7. The van der Waals surface area contributed by atoms with Crippen molar-refractivity contribution in [3.05, 3.63) is 149 Å². The third-order valence-electron chi connectivity index (χ3n) is 10.9. The Balaban J connectivity index is 1.38. The second-order valence-corrected chi connectivity index (χ2v) is 13.4. The third-order valence-corrected chi connectivity index (χ3v) is 11.2. The lowest BCUT2D eigenvalue weighted by molar-refractivity contribution is -0.130. The second-order valence-electron chi connectivity index (χ2n) is 13.0. The van der Waals surface area contributed by atoms with E-state index in [1.165, 1.54) is 4.90 Å². The van der Waals surface area contributed by atoms with Crippen molar-refractivity contribution in [1.29, 1.82) is 0 Å². The number of Topliss-reactive ketones (excluding diaryl/α,β-unsaturated/α-hetero) is 1. The van der Waals surface area contributed by atoms with Gasteiger partial charge in [-0.2, -0.15) is 0 Å². The Bertz CT molecular complexity index is 2200. The zero-order valence-corrected chi connectivity index (χ0v) is 27.1. The SMILES string of the molecule is O=C1[C@@H]2[C@H](C(=O)N1c1ccccc1Cl)[C@@]1(c3ccccc3)C(=O)[C@@]2(c2ccccc2)C(c2ccc3c(c2)OCO3)=C1c1ccc2c(c1)OCO2. The van der Waals surface area contributed by atoms with E-state index in [-0.39, 0.29) is 30.1 Å². The van der Waals surface area contributed by atoms with Crippen LogP contribution in [0, 0.1) is 11.8 Å². The molecule has 0 spiro atoms. The molecule has 4 atom stereocenters. The van der Waals surface area contributed by atoms with Crippen LogP contribution in [0.5, 0.6) is 23.0 Å². The van der Waals surface area contributed by atoms with Crippen molar-refractivity contribution >= 4 is 46.0 Å². The second kappa shape index (κ2) is 10.3. The van der Waals surface area contributed by atoms with Gasteiger partial charge in [-0.3, -0.25) is 14.4 Å². The fraction of sp³-hybridized carbons (Fsp3) is 0.146. The molecular weight excluding hydrogens is 654 g/mol. The summed E-state index contributed by atoms with van der Waals surface area (Å²) >= 11 is 6.69. The minimum absolute atomic E-state index is 0.0635. The largest absolute Gasteiger partial charge is 0.454 e. The van der Waals surface area contributed by atoms with Crippen LogP contribution >= 0.6 is 11.6 Å². The van der Waals surface area contributed by atoms with Crippen molar-refractivity contribution in [2.45, 2.75) is 10.8 Å². The van der Waals surface area contributed by atoms with Gasteiger partial charge in [0.05, 0.1) is 33.4 Å². The monoisotopic (exact) mass is 679 g/mol. The van der Waals surface area contributed by atoms with Gasteiger partial charge in [0.1, 0.15) is 0 Å². The maximum Gasteiger partial charge on any atom is 0.239 e. The number of nitrogens with zero attached hydrogens (tertiary/aromatic N) is 1. The van der Waals surface area contributed by atoms with Gasteiger partial charge in [0.25, 0.3) is 0 Å². The molecule has 10 rings (SSSR count). The Hall–Kier alpha value is -5.86. The van der Waals surface area contributed by atoms with Gasteiger partial charge in [-0.25, -0.2) is 4.90 Å². The number of hydrogen-bond acceptors (Lipinski definition) is 7. The molecule has 5 aromatic carbocycles. The van der Waals surface area contributed by atoms with E-state index in [0.29, 0.717) is 56.4 Å². The van der Waals surface area contributed by atoms with Crippen LogP contribution in [0.25, 0.3) is 11.1 Å². The lowest BCUT2D eigenvalue weighted by Gasteiger charge is -2.39. The van der Waals surface area contributed by atoms with E-state index in [4.69, 9.17) is 30.5 Å². The van der Waals surface area contributed by atoms with E-state index < -0.39 is 34.5 Å². The van der Waals surface area contributed by atoms with Crippen LogP contribution in [0.3, 0.4) is 0 Å². The van der Waals surface area contributed by atoms with E-state index in [0.717, 1.165) is 0 Å². The first-order chi connectivity index (χ1) is 24.5. The Morgan fingerprint density at radius 2 is 0.980 bits per heavy atom. The first kappa shape index (κ1) is 29.1. The number of imide groups is 1. The van der Waals surface area contributed by atoms with Gasteiger partial charge in [0.15, 0.2) is 28.8 Å². The van der Waals surface area contributed by atoms with Crippen LogP contribution in [-0.2, 0) is 25.2 Å². The molecule has 0 unspecified atom stereocenters. The number of amides is 2. The zero-order valence-electron chi connectivity index (χ0n) is 26.3. The van der Waals surface area contributed by atoms with Crippen molar-refractivity contribution in [3.8, 4) is 23.0 Å². The van der Waals surface area contributed by atoms with Gasteiger partial charge in [-0.1, -0.05) is 96.5 Å². The Kier molecular flexibility index (Phi) is 6.01. The molecule has 244 valence electrons. The molecule has 0 radical (unpaired) electrons. The van der Waals surface area contributed by atoms with Crippen LogP contribution in [-0.4, -0.2) is 31.2 Å². The minimum atomic E-state index is -1.59. The Labute approximate surface area is 291 Å². The van der Waals surface area contributed by atoms with Crippen molar-refractivity contribution in [1.82, 2.24) is 0 Å². The highest BCUT2D eigenvalue weighted by Crippen LogP contribution is 2.75. The summed E-state index contributed by atoms with van der Waals surface area (Å²) in [6.45, 7) is 0.127. The molecule has 3 heterocycles. The molecule has 50 heavy (non-hydrogen) atoms. The quantitative estimate of drug-likeness (QED) is 0.185. The summed E-state index contributed by atoms with van der Waals surface area (Å²) in [5.41, 5.74) is 0.918. The molecule has 3 aliphatic heterocycles. The summed E-state index contributed by atoms with van der Waals surface area (Å²) < 4.78 is 23.1. The van der Waals surface area contributed by atoms with Crippen molar-refractivity contribution < 1.29 is 33.3 Å². The van der Waals surface area contributed by atoms with Gasteiger partial charge >= 0.3 is 0 Å². The Morgan fingerprint density at radius 1 is 0.540 bits per heavy atom. The lowest BCUT2D eigenvalue weighted by Crippen LogP contribution is -2.45. The molecule has 5 aliphatic rings. The van der Waals surface area contributed by atoms with E-state index in [2.05, 4.69) is 0 Å². The van der Waals surface area contributed by atoms with Crippen molar-refractivity contribution in [3.63, 3.8) is 0 Å². The topological polar surface area (TPSA) is 91.4 Å². The molecule has 1 saturated heterocycles. The van der Waals surface area contributed by atoms with Crippen LogP contribution in [0.2, 0.25) is 5.02 Å². The first-order valence-corrected chi connectivity index (χ1v) is 16.7. The molecule has 5 aromatic rings. The number of benzene rings is 5. The summed E-state index contributed by atoms with van der Waals surface area (Å²) in [5.74, 6) is -1.19. The number of halogens is 1. The number of anilines is 1. The number of fused-ring (bicyclic) bond motifs is 7. The fourth-order valence-electron chi connectivity index (χ4n) is 9.10. The van der Waals surface area contributed by atoms with Crippen LogP contribution < -0.4 is 23.8 Å². The summed E-state index contributed by atoms with van der Waals surface area (Å²) in [5, 5.41) is 0.260. The van der Waals surface area contributed by atoms with E-state index in [1.807, 2.05) is 97.1 Å². The zero-order chi connectivity index (χ0) is 33.8. The molecule has 1 saturated carbocycles. The number of rotatable bonds is 5. The first-order valence-electron chi connectivity index (χ1n) is 16.3. The molecule has 8 nitrogen and oxygen atoms in total. The smallest absolute Gasteiger partial charge is 0.239 e. The molecule has 0 aromatic heterocycles. The molecule has 2 bridgehead atoms. The van der Waals surface area contributed by atoms with E-state index >= 15 is 14.4 Å². The summed E-state index contributed by atoms with van der Waals surface area (Å²) in [6.07, 6.45) is 0. The van der Waals surface area contributed by atoms with Gasteiger partial charge in [0.2, 0.25) is 25.4 Å². The number of ether oxygens (including phenoxy) is 4. The van der Waals surface area contributed by atoms with Crippen molar-refractivity contribution in [2.24, 2.45) is 11.8 Å². The van der Waals surface area contributed by atoms with Gasteiger partial charge in [-0.15, -0.1) is 0 Å². The van der Waals surface area contributed by atoms with Crippen LogP contribution in [0.1, 0.15) is 22.3 Å². The third kappa shape index (κ3) is 3.48. The number of para-hydroxylation sites is 1. The standard InChI is InChI=1S/C41H26ClNO7/c42-27-13-7-8-14-28(27)43-37(44)35-36(38(43)45)41(26-11-5-2-6-12-26)34(24-16-18-30-32(20-24)50-22-48-30)33(23-15-17-29-31(19-23)49-21-47-29)40(35,39(41)46)25-9-3-1-4-10-25/h1-20,35-36H,21-22H2/t35-,36+,40-,41-/m0/s1.